The summed E-state index contributed by atoms with van der Waals surface area (Å²) < 4.78 is 30.3. The SMILES string of the molecule is Cc1cnc(-c2cccc(NC(=O)C(C)(C)O)c2F)cc1-n1c(C)cc([C@H]2C[C@@H]2c2ccc(F)cc2)c(Cl)c1=O. The molecule has 2 atom stereocenters. The maximum atomic E-state index is 15.5. The minimum atomic E-state index is -1.69. The van der Waals surface area contributed by atoms with Crippen LogP contribution in [0.2, 0.25) is 5.02 Å². The number of amides is 1. The van der Waals surface area contributed by atoms with Crippen LogP contribution < -0.4 is 10.9 Å². The first-order valence-corrected chi connectivity index (χ1v) is 13.2. The van der Waals surface area contributed by atoms with Crippen LogP contribution in [-0.4, -0.2) is 26.2 Å². The third kappa shape index (κ3) is 5.17. The summed E-state index contributed by atoms with van der Waals surface area (Å²) in [5.74, 6) is -1.55. The first-order chi connectivity index (χ1) is 18.9. The van der Waals surface area contributed by atoms with Crippen LogP contribution in [0.4, 0.5) is 14.5 Å². The molecule has 6 nitrogen and oxygen atoms in total. The van der Waals surface area contributed by atoms with Crippen molar-refractivity contribution < 1.29 is 18.7 Å². The topological polar surface area (TPSA) is 84.2 Å². The Labute approximate surface area is 235 Å². The molecule has 2 aromatic heterocycles. The molecule has 0 spiro atoms. The van der Waals surface area contributed by atoms with Crippen LogP contribution >= 0.6 is 11.6 Å². The van der Waals surface area contributed by atoms with Gasteiger partial charge in [0.15, 0.2) is 5.82 Å². The summed E-state index contributed by atoms with van der Waals surface area (Å²) in [6, 6.07) is 14.4. The molecule has 1 amide bonds. The van der Waals surface area contributed by atoms with E-state index in [1.807, 2.05) is 13.0 Å². The van der Waals surface area contributed by atoms with Crippen molar-refractivity contribution in [2.45, 2.75) is 51.6 Å². The molecule has 2 heterocycles. The summed E-state index contributed by atoms with van der Waals surface area (Å²) in [6.07, 6.45) is 2.36. The predicted molar refractivity (Wildman–Crippen MR) is 151 cm³/mol. The van der Waals surface area contributed by atoms with Gasteiger partial charge in [0, 0.05) is 17.5 Å². The van der Waals surface area contributed by atoms with Crippen LogP contribution in [0.15, 0.2) is 65.6 Å². The van der Waals surface area contributed by atoms with Crippen molar-refractivity contribution in [1.29, 1.82) is 0 Å². The molecule has 0 radical (unpaired) electrons. The number of carbonyl (C=O) groups excluding carboxylic acids is 1. The number of hydrogen-bond acceptors (Lipinski definition) is 4. The predicted octanol–water partition coefficient (Wildman–Crippen LogP) is 6.43. The lowest BCUT2D eigenvalue weighted by Gasteiger charge is -2.18. The van der Waals surface area contributed by atoms with Gasteiger partial charge in [0.2, 0.25) is 0 Å². The second-order valence-electron chi connectivity index (χ2n) is 10.7. The normalized spacial score (nSPS) is 16.6. The van der Waals surface area contributed by atoms with Crippen LogP contribution in [0.1, 0.15) is 54.5 Å². The summed E-state index contributed by atoms with van der Waals surface area (Å²) >= 11 is 6.64. The van der Waals surface area contributed by atoms with Gasteiger partial charge in [0.1, 0.15) is 16.4 Å². The van der Waals surface area contributed by atoms with Crippen molar-refractivity contribution in [3.05, 3.63) is 110 Å². The zero-order valence-electron chi connectivity index (χ0n) is 22.4. The molecule has 0 saturated heterocycles. The third-order valence-corrected chi connectivity index (χ3v) is 7.62. The number of aryl methyl sites for hydroxylation is 2. The minimum Gasteiger partial charge on any atom is -0.381 e. The number of hydrogen-bond donors (Lipinski definition) is 2. The Hall–Kier alpha value is -3.88. The van der Waals surface area contributed by atoms with E-state index in [1.54, 1.807) is 37.4 Å². The Morgan fingerprint density at radius 1 is 1.10 bits per heavy atom. The van der Waals surface area contributed by atoms with Crippen molar-refractivity contribution in [1.82, 2.24) is 9.55 Å². The lowest BCUT2D eigenvalue weighted by Crippen LogP contribution is -2.36. The number of carbonyl (C=O) groups is 1. The van der Waals surface area contributed by atoms with E-state index in [-0.39, 0.29) is 39.6 Å². The highest BCUT2D eigenvalue weighted by Crippen LogP contribution is 2.55. The third-order valence-electron chi connectivity index (χ3n) is 7.24. The number of aliphatic hydroxyl groups is 1. The lowest BCUT2D eigenvalue weighted by molar-refractivity contribution is -0.130. The van der Waals surface area contributed by atoms with E-state index in [1.165, 1.54) is 42.7 Å². The number of halogens is 3. The van der Waals surface area contributed by atoms with E-state index in [9.17, 15) is 19.1 Å². The van der Waals surface area contributed by atoms with Gasteiger partial charge in [0.25, 0.3) is 11.5 Å². The number of nitrogens with one attached hydrogen (secondary N) is 1. The average Bonchev–Trinajstić information content (AvgIpc) is 3.69. The molecule has 5 rings (SSSR count). The van der Waals surface area contributed by atoms with Crippen molar-refractivity contribution in [2.75, 3.05) is 5.32 Å². The summed E-state index contributed by atoms with van der Waals surface area (Å²) in [7, 11) is 0. The largest absolute Gasteiger partial charge is 0.381 e. The fraction of sp³-hybridized carbons (Fsp3) is 0.258. The minimum absolute atomic E-state index is 0.0593. The lowest BCUT2D eigenvalue weighted by atomic mass is 10.0. The second kappa shape index (κ2) is 10.3. The number of benzene rings is 2. The van der Waals surface area contributed by atoms with Gasteiger partial charge in [-0.1, -0.05) is 29.8 Å². The maximum Gasteiger partial charge on any atom is 0.274 e. The Balaban J connectivity index is 1.51. The molecule has 206 valence electrons. The molecular formula is C31H28ClF2N3O3. The Morgan fingerprint density at radius 3 is 2.48 bits per heavy atom. The molecular weight excluding hydrogens is 536 g/mol. The van der Waals surface area contributed by atoms with E-state index in [0.717, 1.165) is 17.5 Å². The molecule has 1 aliphatic carbocycles. The van der Waals surface area contributed by atoms with Gasteiger partial charge in [-0.2, -0.15) is 0 Å². The standard InChI is InChI=1S/C31H28ClF2N3O3/c1-16-15-35-25(20-6-5-7-24(28(20)34)36-30(39)31(3,4)40)14-26(16)37-17(2)12-23(27(32)29(37)38)22-13-21(22)18-8-10-19(33)11-9-18/h5-12,14-15,21-22,40H,13H2,1-4H3,(H,36,39)/t21-,22+/m1/s1. The summed E-state index contributed by atoms with van der Waals surface area (Å²) in [4.78, 5) is 30.2. The maximum absolute atomic E-state index is 15.5. The van der Waals surface area contributed by atoms with Gasteiger partial charge in [-0.05, 0) is 99.0 Å². The fourth-order valence-electron chi connectivity index (χ4n) is 4.92. The van der Waals surface area contributed by atoms with Crippen LogP contribution in [-0.2, 0) is 4.79 Å². The summed E-state index contributed by atoms with van der Waals surface area (Å²) in [5, 5.41) is 12.4. The second-order valence-corrected chi connectivity index (χ2v) is 11.1. The zero-order chi connectivity index (χ0) is 28.9. The Kier molecular flexibility index (Phi) is 7.10. The van der Waals surface area contributed by atoms with Crippen molar-refractivity contribution >= 4 is 23.2 Å². The van der Waals surface area contributed by atoms with Gasteiger partial charge < -0.3 is 10.4 Å². The van der Waals surface area contributed by atoms with E-state index in [4.69, 9.17) is 11.6 Å². The smallest absolute Gasteiger partial charge is 0.274 e. The zero-order valence-corrected chi connectivity index (χ0v) is 23.2. The molecule has 40 heavy (non-hydrogen) atoms. The number of pyridine rings is 2. The van der Waals surface area contributed by atoms with E-state index in [0.29, 0.717) is 16.9 Å². The van der Waals surface area contributed by atoms with Gasteiger partial charge >= 0.3 is 0 Å². The number of aromatic nitrogens is 2. The molecule has 0 aliphatic heterocycles. The van der Waals surface area contributed by atoms with Crippen molar-refractivity contribution in [2.24, 2.45) is 0 Å². The molecule has 1 aliphatic rings. The first kappa shape index (κ1) is 27.7. The molecule has 1 fully saturated rings. The van der Waals surface area contributed by atoms with E-state index in [2.05, 4.69) is 10.3 Å². The first-order valence-electron chi connectivity index (χ1n) is 12.8. The van der Waals surface area contributed by atoms with Gasteiger partial charge in [-0.3, -0.25) is 19.1 Å². The molecule has 1 saturated carbocycles. The highest BCUT2D eigenvalue weighted by atomic mass is 35.5. The molecule has 2 aromatic carbocycles. The van der Waals surface area contributed by atoms with Gasteiger partial charge in [0.05, 0.1) is 17.1 Å². The highest BCUT2D eigenvalue weighted by Gasteiger charge is 2.41. The Morgan fingerprint density at radius 2 is 1.80 bits per heavy atom. The van der Waals surface area contributed by atoms with Crippen LogP contribution in [0.25, 0.3) is 16.9 Å². The van der Waals surface area contributed by atoms with Crippen LogP contribution in [0, 0.1) is 25.5 Å². The number of nitrogens with zero attached hydrogens (tertiary/aromatic N) is 2. The van der Waals surface area contributed by atoms with Crippen molar-refractivity contribution in [3.63, 3.8) is 0 Å². The Bertz CT molecular complexity index is 1690. The molecule has 2 N–H and O–H groups in total. The van der Waals surface area contributed by atoms with Crippen LogP contribution in [0.5, 0.6) is 0 Å². The molecule has 0 bridgehead atoms. The average molecular weight is 564 g/mol. The quantitative estimate of drug-likeness (QED) is 0.283. The monoisotopic (exact) mass is 563 g/mol. The number of anilines is 1. The summed E-state index contributed by atoms with van der Waals surface area (Å²) in [5.41, 5.74) is 1.76. The summed E-state index contributed by atoms with van der Waals surface area (Å²) in [6.45, 7) is 6.21. The molecule has 9 heteroatoms. The molecule has 0 unspecified atom stereocenters. The molecule has 4 aromatic rings. The number of rotatable bonds is 6. The van der Waals surface area contributed by atoms with Crippen molar-refractivity contribution in [3.8, 4) is 16.9 Å². The van der Waals surface area contributed by atoms with E-state index >= 15 is 4.39 Å². The van der Waals surface area contributed by atoms with Gasteiger partial charge in [-0.25, -0.2) is 8.78 Å². The highest BCUT2D eigenvalue weighted by molar-refractivity contribution is 6.31. The van der Waals surface area contributed by atoms with Crippen LogP contribution in [0.3, 0.4) is 0 Å². The van der Waals surface area contributed by atoms with E-state index < -0.39 is 22.9 Å². The van der Waals surface area contributed by atoms with Gasteiger partial charge in [-0.15, -0.1) is 0 Å². The fourth-order valence-corrected chi connectivity index (χ4v) is 5.20.